The van der Waals surface area contributed by atoms with Crippen molar-refractivity contribution in [2.24, 2.45) is 11.3 Å². The Morgan fingerprint density at radius 3 is 1.77 bits per heavy atom. The van der Waals surface area contributed by atoms with Gasteiger partial charge in [-0.25, -0.2) is 0 Å². The van der Waals surface area contributed by atoms with Crippen LogP contribution in [-0.2, 0) is 0 Å². The molecule has 0 heterocycles. The quantitative estimate of drug-likeness (QED) is 0.530. The van der Waals surface area contributed by atoms with Crippen LogP contribution in [-0.4, -0.2) is 0 Å². The Labute approximate surface area is 83.0 Å². The van der Waals surface area contributed by atoms with Gasteiger partial charge >= 0.3 is 0 Å². The number of hydrogen-bond acceptors (Lipinski definition) is 0. The maximum atomic E-state index is 4.09. The van der Waals surface area contributed by atoms with E-state index in [0.717, 1.165) is 12.8 Å². The van der Waals surface area contributed by atoms with E-state index in [1.54, 1.807) is 0 Å². The first kappa shape index (κ1) is 12.2. The Morgan fingerprint density at radius 2 is 1.62 bits per heavy atom. The van der Waals surface area contributed by atoms with Gasteiger partial charge in [0.25, 0.3) is 0 Å². The third kappa shape index (κ3) is 2.58. The fraction of sp³-hybridized carbons (Fsp3) is 0.538. The minimum Gasteiger partial charge on any atom is -0.103 e. The van der Waals surface area contributed by atoms with Gasteiger partial charge in [-0.1, -0.05) is 38.2 Å². The van der Waals surface area contributed by atoms with E-state index >= 15 is 0 Å². The van der Waals surface area contributed by atoms with Crippen LogP contribution in [0.5, 0.6) is 0 Å². The molecule has 0 aliphatic rings. The van der Waals surface area contributed by atoms with Crippen molar-refractivity contribution in [3.05, 3.63) is 37.5 Å². The summed E-state index contributed by atoms with van der Waals surface area (Å²) < 4.78 is 0. The van der Waals surface area contributed by atoms with Gasteiger partial charge in [-0.05, 0) is 31.1 Å². The van der Waals surface area contributed by atoms with E-state index < -0.39 is 0 Å². The zero-order valence-electron chi connectivity index (χ0n) is 9.27. The first-order valence-electron chi connectivity index (χ1n) is 4.89. The van der Waals surface area contributed by atoms with Gasteiger partial charge in [-0.3, -0.25) is 0 Å². The summed E-state index contributed by atoms with van der Waals surface area (Å²) in [5.74, 6) is 0.584. The topological polar surface area (TPSA) is 0 Å². The Hall–Kier alpha value is -0.780. The molecule has 0 aliphatic heterocycles. The fourth-order valence-corrected chi connectivity index (χ4v) is 1.91. The second-order valence-corrected chi connectivity index (χ2v) is 4.08. The van der Waals surface area contributed by atoms with Crippen molar-refractivity contribution < 1.29 is 0 Å². The maximum Gasteiger partial charge on any atom is -0.000191 e. The fourth-order valence-electron chi connectivity index (χ4n) is 1.91. The number of allylic oxidation sites excluding steroid dienone is 3. The Bertz CT molecular complexity index is 186. The highest BCUT2D eigenvalue weighted by molar-refractivity contribution is 5.13. The summed E-state index contributed by atoms with van der Waals surface area (Å²) in [6.45, 7) is 18.3. The second kappa shape index (κ2) is 5.06. The molecule has 0 aliphatic carbocycles. The molecule has 0 radical (unpaired) electrons. The first-order chi connectivity index (χ1) is 6.01. The molecule has 0 unspecified atom stereocenters. The van der Waals surface area contributed by atoms with E-state index in [4.69, 9.17) is 0 Å². The number of rotatable bonds is 6. The lowest BCUT2D eigenvalue weighted by molar-refractivity contribution is 0.251. The second-order valence-electron chi connectivity index (χ2n) is 4.08. The van der Waals surface area contributed by atoms with Crippen molar-refractivity contribution in [2.45, 2.75) is 33.6 Å². The van der Waals surface area contributed by atoms with Crippen LogP contribution in [0.1, 0.15) is 33.6 Å². The smallest absolute Gasteiger partial charge is 0.000191 e. The van der Waals surface area contributed by atoms with Crippen LogP contribution < -0.4 is 0 Å². The molecule has 0 spiro atoms. The van der Waals surface area contributed by atoms with Gasteiger partial charge in [0.2, 0.25) is 0 Å². The molecule has 0 atom stereocenters. The molecule has 0 aromatic rings. The highest BCUT2D eigenvalue weighted by Crippen LogP contribution is 2.42. The average Bonchev–Trinajstić information content (AvgIpc) is 2.03. The lowest BCUT2D eigenvalue weighted by Crippen LogP contribution is -2.27. The van der Waals surface area contributed by atoms with Crippen LogP contribution in [0, 0.1) is 11.3 Å². The van der Waals surface area contributed by atoms with Crippen LogP contribution in [0.25, 0.3) is 0 Å². The molecule has 0 bridgehead atoms. The van der Waals surface area contributed by atoms with Gasteiger partial charge in [0, 0.05) is 0 Å². The molecule has 0 aromatic carbocycles. The SMILES string of the molecule is C=CCC(CC=C)(C(=C)C)C(C)C. The van der Waals surface area contributed by atoms with E-state index in [9.17, 15) is 0 Å². The van der Waals surface area contributed by atoms with Crippen LogP contribution in [0.3, 0.4) is 0 Å². The predicted molar refractivity (Wildman–Crippen MR) is 61.7 cm³/mol. The molecule has 0 rings (SSSR count). The summed E-state index contributed by atoms with van der Waals surface area (Å²) in [5, 5.41) is 0. The van der Waals surface area contributed by atoms with E-state index in [0.29, 0.717) is 5.92 Å². The van der Waals surface area contributed by atoms with Crippen molar-refractivity contribution in [1.82, 2.24) is 0 Å². The summed E-state index contributed by atoms with van der Waals surface area (Å²) in [4.78, 5) is 0. The molecule has 0 saturated carbocycles. The standard InChI is InChI=1S/C13H22/c1-7-9-13(10-8-2,11(3)4)12(5)6/h7-8,12H,1-3,9-10H2,4-6H3. The van der Waals surface area contributed by atoms with Crippen LogP contribution in [0.15, 0.2) is 37.5 Å². The van der Waals surface area contributed by atoms with Crippen molar-refractivity contribution in [3.63, 3.8) is 0 Å². The maximum absolute atomic E-state index is 4.09. The normalized spacial score (nSPS) is 11.4. The summed E-state index contributed by atoms with van der Waals surface area (Å²) >= 11 is 0. The van der Waals surface area contributed by atoms with Gasteiger partial charge in [-0.2, -0.15) is 0 Å². The molecule has 0 aromatic heterocycles. The monoisotopic (exact) mass is 178 g/mol. The van der Waals surface area contributed by atoms with Crippen molar-refractivity contribution >= 4 is 0 Å². The molecule has 13 heavy (non-hydrogen) atoms. The van der Waals surface area contributed by atoms with Crippen molar-refractivity contribution in [1.29, 1.82) is 0 Å². The molecule has 0 heteroatoms. The van der Waals surface area contributed by atoms with Gasteiger partial charge in [0.15, 0.2) is 0 Å². The highest BCUT2D eigenvalue weighted by Gasteiger charge is 2.31. The molecule has 0 N–H and O–H groups in total. The summed E-state index contributed by atoms with van der Waals surface area (Å²) in [6, 6.07) is 0. The van der Waals surface area contributed by atoms with Gasteiger partial charge < -0.3 is 0 Å². The minimum absolute atomic E-state index is 0.170. The third-order valence-electron chi connectivity index (χ3n) is 2.97. The first-order valence-corrected chi connectivity index (χ1v) is 4.89. The molecule has 0 nitrogen and oxygen atoms in total. The van der Waals surface area contributed by atoms with E-state index in [2.05, 4.69) is 40.5 Å². The van der Waals surface area contributed by atoms with Crippen LogP contribution >= 0.6 is 0 Å². The predicted octanol–water partition coefficient (Wildman–Crippen LogP) is 4.36. The molecule has 74 valence electrons. The minimum atomic E-state index is 0.170. The Balaban J connectivity index is 4.90. The Morgan fingerprint density at radius 1 is 1.23 bits per heavy atom. The van der Waals surface area contributed by atoms with Crippen molar-refractivity contribution in [2.75, 3.05) is 0 Å². The largest absolute Gasteiger partial charge is 0.103 e. The zero-order valence-corrected chi connectivity index (χ0v) is 9.27. The molecule has 0 saturated heterocycles. The van der Waals surface area contributed by atoms with Gasteiger partial charge in [0.1, 0.15) is 0 Å². The summed E-state index contributed by atoms with van der Waals surface area (Å²) in [6.07, 6.45) is 5.95. The lowest BCUT2D eigenvalue weighted by atomic mass is 9.68. The molecule has 0 fully saturated rings. The Kier molecular flexibility index (Phi) is 4.76. The van der Waals surface area contributed by atoms with Gasteiger partial charge in [-0.15, -0.1) is 13.2 Å². The van der Waals surface area contributed by atoms with E-state index in [-0.39, 0.29) is 5.41 Å². The summed E-state index contributed by atoms with van der Waals surface area (Å²) in [5.41, 5.74) is 1.41. The highest BCUT2D eigenvalue weighted by atomic mass is 14.4. The molecular weight excluding hydrogens is 156 g/mol. The lowest BCUT2D eigenvalue weighted by Gasteiger charge is -2.37. The molecule has 0 amide bonds. The zero-order chi connectivity index (χ0) is 10.5. The number of hydrogen-bond donors (Lipinski definition) is 0. The summed E-state index contributed by atoms with van der Waals surface area (Å²) in [7, 11) is 0. The van der Waals surface area contributed by atoms with Gasteiger partial charge in [0.05, 0.1) is 0 Å². The van der Waals surface area contributed by atoms with E-state index in [1.165, 1.54) is 5.57 Å². The van der Waals surface area contributed by atoms with Crippen molar-refractivity contribution in [3.8, 4) is 0 Å². The van der Waals surface area contributed by atoms with Crippen LogP contribution in [0.4, 0.5) is 0 Å². The average molecular weight is 178 g/mol. The molecular formula is C13H22. The third-order valence-corrected chi connectivity index (χ3v) is 2.97. The van der Waals surface area contributed by atoms with E-state index in [1.807, 2.05) is 12.2 Å². The van der Waals surface area contributed by atoms with Crippen LogP contribution in [0.2, 0.25) is 0 Å².